The number of benzene rings is 1. The number of nitrogens with one attached hydrogen (secondary N) is 1. The van der Waals surface area contributed by atoms with Gasteiger partial charge in [0.15, 0.2) is 0 Å². The molecule has 1 atom stereocenters. The van der Waals surface area contributed by atoms with Crippen LogP contribution in [-0.4, -0.2) is 12.0 Å². The number of aromatic nitrogens is 1. The van der Waals surface area contributed by atoms with E-state index in [2.05, 4.69) is 41.9 Å². The zero-order valence-electron chi connectivity index (χ0n) is 10.8. The van der Waals surface area contributed by atoms with Crippen molar-refractivity contribution in [2.75, 3.05) is 7.05 Å². The molecule has 1 aliphatic carbocycles. The van der Waals surface area contributed by atoms with Gasteiger partial charge in [-0.25, -0.2) is 4.98 Å². The molecule has 0 spiro atoms. The second-order valence-corrected chi connectivity index (χ2v) is 5.84. The molecule has 0 aliphatic heterocycles. The van der Waals surface area contributed by atoms with Crippen LogP contribution < -0.4 is 5.32 Å². The van der Waals surface area contributed by atoms with Crippen LogP contribution in [0.2, 0.25) is 0 Å². The number of hydrogen-bond donors (Lipinski definition) is 1. The van der Waals surface area contributed by atoms with Crippen LogP contribution in [-0.2, 0) is 0 Å². The van der Waals surface area contributed by atoms with E-state index in [1.54, 1.807) is 11.3 Å². The molecule has 0 radical (unpaired) electrons. The van der Waals surface area contributed by atoms with E-state index >= 15 is 0 Å². The third-order valence-electron chi connectivity index (χ3n) is 3.60. The van der Waals surface area contributed by atoms with Crippen molar-refractivity contribution in [1.82, 2.24) is 10.3 Å². The Balaban J connectivity index is 1.82. The van der Waals surface area contributed by atoms with Crippen molar-refractivity contribution in [3.8, 4) is 10.6 Å². The first kappa shape index (κ1) is 11.9. The summed E-state index contributed by atoms with van der Waals surface area (Å²) in [6.45, 7) is 2.13. The third-order valence-corrected chi connectivity index (χ3v) is 4.51. The molecule has 0 amide bonds. The van der Waals surface area contributed by atoms with Gasteiger partial charge in [0.1, 0.15) is 5.01 Å². The number of nitrogens with zero attached hydrogens (tertiary/aromatic N) is 1. The van der Waals surface area contributed by atoms with Crippen LogP contribution in [0.3, 0.4) is 0 Å². The van der Waals surface area contributed by atoms with Crippen LogP contribution in [0.1, 0.15) is 43.0 Å². The molecule has 2 aromatic rings. The molecule has 1 heterocycles. The van der Waals surface area contributed by atoms with Gasteiger partial charge in [-0.05, 0) is 38.3 Å². The van der Waals surface area contributed by atoms with Crippen molar-refractivity contribution >= 4 is 11.3 Å². The highest BCUT2D eigenvalue weighted by atomic mass is 32.1. The fourth-order valence-corrected chi connectivity index (χ4v) is 3.00. The van der Waals surface area contributed by atoms with Gasteiger partial charge in [0.2, 0.25) is 0 Å². The Kier molecular flexibility index (Phi) is 3.18. The SMILES string of the molecule is CNC(C)c1csc(-c2ccc(C3CC3)cc2)n1. The first-order chi connectivity index (χ1) is 8.78. The van der Waals surface area contributed by atoms with E-state index in [1.807, 2.05) is 7.05 Å². The van der Waals surface area contributed by atoms with Crippen LogP contribution >= 0.6 is 11.3 Å². The summed E-state index contributed by atoms with van der Waals surface area (Å²) in [5.41, 5.74) is 3.85. The van der Waals surface area contributed by atoms with Gasteiger partial charge in [0, 0.05) is 17.0 Å². The standard InChI is InChI=1S/C15H18N2S/c1-10(16-2)14-9-18-15(17-14)13-7-5-12(6-8-13)11-3-4-11/h5-11,16H,3-4H2,1-2H3. The lowest BCUT2D eigenvalue weighted by molar-refractivity contribution is 0.637. The van der Waals surface area contributed by atoms with Gasteiger partial charge < -0.3 is 5.32 Å². The van der Waals surface area contributed by atoms with Gasteiger partial charge in [-0.3, -0.25) is 0 Å². The van der Waals surface area contributed by atoms with E-state index in [9.17, 15) is 0 Å². The molecular formula is C15H18N2S. The topological polar surface area (TPSA) is 24.9 Å². The Morgan fingerprint density at radius 3 is 2.61 bits per heavy atom. The zero-order chi connectivity index (χ0) is 12.5. The van der Waals surface area contributed by atoms with Crippen LogP contribution in [0, 0.1) is 0 Å². The summed E-state index contributed by atoms with van der Waals surface area (Å²) in [4.78, 5) is 4.70. The summed E-state index contributed by atoms with van der Waals surface area (Å²) in [5, 5.41) is 6.49. The molecule has 1 aromatic carbocycles. The number of rotatable bonds is 4. The molecule has 1 aliphatic rings. The van der Waals surface area contributed by atoms with Crippen molar-refractivity contribution in [3.63, 3.8) is 0 Å². The lowest BCUT2D eigenvalue weighted by Crippen LogP contribution is -2.12. The summed E-state index contributed by atoms with van der Waals surface area (Å²) in [7, 11) is 1.97. The second-order valence-electron chi connectivity index (χ2n) is 4.98. The van der Waals surface area contributed by atoms with Gasteiger partial charge >= 0.3 is 0 Å². The smallest absolute Gasteiger partial charge is 0.123 e. The average Bonchev–Trinajstić information content (AvgIpc) is 3.15. The Hall–Kier alpha value is -1.19. The Labute approximate surface area is 112 Å². The molecule has 94 valence electrons. The van der Waals surface area contributed by atoms with Crippen LogP contribution in [0.15, 0.2) is 29.6 Å². The second kappa shape index (κ2) is 4.82. The van der Waals surface area contributed by atoms with Gasteiger partial charge in [-0.2, -0.15) is 0 Å². The number of hydrogen-bond acceptors (Lipinski definition) is 3. The summed E-state index contributed by atoms with van der Waals surface area (Å²) in [5.74, 6) is 0.829. The Morgan fingerprint density at radius 2 is 2.00 bits per heavy atom. The molecule has 1 saturated carbocycles. The highest BCUT2D eigenvalue weighted by molar-refractivity contribution is 7.13. The highest BCUT2D eigenvalue weighted by Crippen LogP contribution is 2.40. The van der Waals surface area contributed by atoms with Gasteiger partial charge in [-0.1, -0.05) is 24.3 Å². The predicted octanol–water partition coefficient (Wildman–Crippen LogP) is 3.97. The summed E-state index contributed by atoms with van der Waals surface area (Å²) in [6, 6.07) is 9.26. The van der Waals surface area contributed by atoms with E-state index in [1.165, 1.54) is 24.0 Å². The van der Waals surface area contributed by atoms with E-state index in [0.717, 1.165) is 16.6 Å². The molecule has 1 N–H and O–H groups in total. The third kappa shape index (κ3) is 2.33. The fraction of sp³-hybridized carbons (Fsp3) is 0.400. The molecular weight excluding hydrogens is 240 g/mol. The minimum Gasteiger partial charge on any atom is -0.312 e. The zero-order valence-corrected chi connectivity index (χ0v) is 11.6. The molecule has 0 bridgehead atoms. The van der Waals surface area contributed by atoms with Crippen molar-refractivity contribution < 1.29 is 0 Å². The van der Waals surface area contributed by atoms with E-state index < -0.39 is 0 Å². The lowest BCUT2D eigenvalue weighted by Gasteiger charge is -2.05. The Bertz CT molecular complexity index is 526. The van der Waals surface area contributed by atoms with Crippen LogP contribution in [0.25, 0.3) is 10.6 Å². The monoisotopic (exact) mass is 258 g/mol. The van der Waals surface area contributed by atoms with Gasteiger partial charge in [0.25, 0.3) is 0 Å². The maximum absolute atomic E-state index is 4.70. The van der Waals surface area contributed by atoms with Crippen LogP contribution in [0.4, 0.5) is 0 Å². The number of thiazole rings is 1. The molecule has 0 saturated heterocycles. The van der Waals surface area contributed by atoms with Gasteiger partial charge in [-0.15, -0.1) is 11.3 Å². The summed E-state index contributed by atoms with van der Waals surface area (Å²) >= 11 is 1.73. The minimum absolute atomic E-state index is 0.320. The molecule has 2 nitrogen and oxygen atoms in total. The fourth-order valence-electron chi connectivity index (χ4n) is 2.08. The quantitative estimate of drug-likeness (QED) is 0.897. The maximum atomic E-state index is 4.70. The predicted molar refractivity (Wildman–Crippen MR) is 77.0 cm³/mol. The highest BCUT2D eigenvalue weighted by Gasteiger charge is 2.23. The van der Waals surface area contributed by atoms with Crippen LogP contribution in [0.5, 0.6) is 0 Å². The maximum Gasteiger partial charge on any atom is 0.123 e. The van der Waals surface area contributed by atoms with Crippen molar-refractivity contribution in [1.29, 1.82) is 0 Å². The average molecular weight is 258 g/mol. The van der Waals surface area contributed by atoms with E-state index in [4.69, 9.17) is 4.98 Å². The largest absolute Gasteiger partial charge is 0.312 e. The normalized spacial score (nSPS) is 16.8. The molecule has 18 heavy (non-hydrogen) atoms. The van der Waals surface area contributed by atoms with Crippen molar-refractivity contribution in [2.45, 2.75) is 31.7 Å². The minimum atomic E-state index is 0.320. The summed E-state index contributed by atoms with van der Waals surface area (Å²) in [6.07, 6.45) is 2.72. The van der Waals surface area contributed by atoms with Crippen molar-refractivity contribution in [2.24, 2.45) is 0 Å². The molecule has 1 aromatic heterocycles. The van der Waals surface area contributed by atoms with Gasteiger partial charge in [0.05, 0.1) is 5.69 Å². The first-order valence-electron chi connectivity index (χ1n) is 6.51. The molecule has 3 heteroatoms. The van der Waals surface area contributed by atoms with E-state index in [-0.39, 0.29) is 0 Å². The molecule has 1 fully saturated rings. The Morgan fingerprint density at radius 1 is 1.28 bits per heavy atom. The molecule has 1 unspecified atom stereocenters. The molecule has 3 rings (SSSR count). The lowest BCUT2D eigenvalue weighted by atomic mass is 10.1. The first-order valence-corrected chi connectivity index (χ1v) is 7.39. The summed E-state index contributed by atoms with van der Waals surface area (Å²) < 4.78 is 0. The van der Waals surface area contributed by atoms with Crippen molar-refractivity contribution in [3.05, 3.63) is 40.9 Å². The van der Waals surface area contributed by atoms with E-state index in [0.29, 0.717) is 6.04 Å².